The van der Waals surface area contributed by atoms with Gasteiger partial charge < -0.3 is 10.2 Å². The summed E-state index contributed by atoms with van der Waals surface area (Å²) in [5, 5.41) is 2.90. The number of nitrogens with one attached hydrogen (secondary N) is 1. The minimum Gasteiger partial charge on any atom is -0.339 e. The SMILES string of the molecule is CCN(CC)C(=O)c1cccc(NC(=O)c2cc(SC)ccc2C)c1. The highest BCUT2D eigenvalue weighted by Crippen LogP contribution is 2.21. The summed E-state index contributed by atoms with van der Waals surface area (Å²) in [6.07, 6.45) is 1.98. The zero-order valence-corrected chi connectivity index (χ0v) is 15.9. The van der Waals surface area contributed by atoms with Gasteiger partial charge in [-0.2, -0.15) is 0 Å². The molecule has 2 rings (SSSR count). The lowest BCUT2D eigenvalue weighted by molar-refractivity contribution is 0.0772. The average molecular weight is 356 g/mol. The summed E-state index contributed by atoms with van der Waals surface area (Å²) in [7, 11) is 0. The highest BCUT2D eigenvalue weighted by molar-refractivity contribution is 7.98. The standard InChI is InChI=1S/C20H24N2O2S/c1-5-22(6-2)20(24)15-8-7-9-16(12-15)21-19(23)18-13-17(25-4)11-10-14(18)3/h7-13H,5-6H2,1-4H3,(H,21,23). The van der Waals surface area contributed by atoms with Crippen LogP contribution < -0.4 is 5.32 Å². The van der Waals surface area contributed by atoms with Crippen LogP contribution in [0.1, 0.15) is 40.1 Å². The van der Waals surface area contributed by atoms with Crippen LogP contribution in [0, 0.1) is 6.92 Å². The Labute approximate surface area is 153 Å². The lowest BCUT2D eigenvalue weighted by atomic mass is 10.1. The Balaban J connectivity index is 2.22. The van der Waals surface area contributed by atoms with Crippen molar-refractivity contribution in [3.05, 3.63) is 59.2 Å². The van der Waals surface area contributed by atoms with E-state index >= 15 is 0 Å². The zero-order chi connectivity index (χ0) is 18.4. The first-order valence-electron chi connectivity index (χ1n) is 8.35. The fourth-order valence-electron chi connectivity index (χ4n) is 2.59. The maximum Gasteiger partial charge on any atom is 0.255 e. The van der Waals surface area contributed by atoms with Gasteiger partial charge in [0, 0.05) is 34.8 Å². The van der Waals surface area contributed by atoms with Gasteiger partial charge in [0.05, 0.1) is 0 Å². The van der Waals surface area contributed by atoms with Crippen molar-refractivity contribution in [2.45, 2.75) is 25.7 Å². The van der Waals surface area contributed by atoms with E-state index in [1.807, 2.05) is 45.2 Å². The first kappa shape index (κ1) is 19.1. The molecule has 0 unspecified atom stereocenters. The van der Waals surface area contributed by atoms with Crippen LogP contribution in [0.15, 0.2) is 47.4 Å². The molecule has 25 heavy (non-hydrogen) atoms. The molecule has 0 aromatic heterocycles. The molecule has 0 bridgehead atoms. The number of thioether (sulfide) groups is 1. The van der Waals surface area contributed by atoms with Crippen molar-refractivity contribution in [1.82, 2.24) is 4.90 Å². The van der Waals surface area contributed by atoms with Crippen LogP contribution in [0.5, 0.6) is 0 Å². The molecule has 2 amide bonds. The zero-order valence-electron chi connectivity index (χ0n) is 15.1. The molecule has 132 valence electrons. The van der Waals surface area contributed by atoms with Gasteiger partial charge in [0.25, 0.3) is 11.8 Å². The third-order valence-electron chi connectivity index (χ3n) is 4.11. The molecule has 0 spiro atoms. The Morgan fingerprint density at radius 3 is 2.44 bits per heavy atom. The van der Waals surface area contributed by atoms with Gasteiger partial charge in [0.1, 0.15) is 0 Å². The highest BCUT2D eigenvalue weighted by atomic mass is 32.2. The number of anilines is 1. The maximum absolute atomic E-state index is 12.6. The van der Waals surface area contributed by atoms with Gasteiger partial charge >= 0.3 is 0 Å². The van der Waals surface area contributed by atoms with E-state index in [9.17, 15) is 9.59 Å². The van der Waals surface area contributed by atoms with Crippen LogP contribution in [-0.2, 0) is 0 Å². The third-order valence-corrected chi connectivity index (χ3v) is 4.83. The van der Waals surface area contributed by atoms with Gasteiger partial charge in [-0.25, -0.2) is 0 Å². The van der Waals surface area contributed by atoms with Crippen LogP contribution in [-0.4, -0.2) is 36.1 Å². The second-order valence-electron chi connectivity index (χ2n) is 5.69. The summed E-state index contributed by atoms with van der Waals surface area (Å²) >= 11 is 1.60. The van der Waals surface area contributed by atoms with Gasteiger partial charge in [-0.1, -0.05) is 12.1 Å². The van der Waals surface area contributed by atoms with Crippen LogP contribution in [0.4, 0.5) is 5.69 Å². The van der Waals surface area contributed by atoms with Crippen molar-refractivity contribution >= 4 is 29.3 Å². The van der Waals surface area contributed by atoms with Crippen LogP contribution in [0.3, 0.4) is 0 Å². The lowest BCUT2D eigenvalue weighted by Gasteiger charge is -2.19. The summed E-state index contributed by atoms with van der Waals surface area (Å²) in [5.74, 6) is -0.192. The summed E-state index contributed by atoms with van der Waals surface area (Å²) in [6, 6.07) is 12.9. The molecule has 0 aliphatic heterocycles. The van der Waals surface area contributed by atoms with Crippen molar-refractivity contribution in [2.24, 2.45) is 0 Å². The lowest BCUT2D eigenvalue weighted by Crippen LogP contribution is -2.30. The minimum absolute atomic E-state index is 0.0262. The number of nitrogens with zero attached hydrogens (tertiary/aromatic N) is 1. The van der Waals surface area contributed by atoms with E-state index in [0.717, 1.165) is 10.5 Å². The van der Waals surface area contributed by atoms with Gasteiger partial charge in [-0.15, -0.1) is 11.8 Å². The van der Waals surface area contributed by atoms with Gasteiger partial charge in [-0.05, 0) is 62.9 Å². The number of carbonyl (C=O) groups is 2. The summed E-state index contributed by atoms with van der Waals surface area (Å²) in [5.41, 5.74) is 2.77. The molecule has 0 fully saturated rings. The van der Waals surface area contributed by atoms with Gasteiger partial charge in [0.15, 0.2) is 0 Å². The van der Waals surface area contributed by atoms with E-state index in [1.54, 1.807) is 40.9 Å². The average Bonchev–Trinajstić information content (AvgIpc) is 2.63. The van der Waals surface area contributed by atoms with Crippen molar-refractivity contribution < 1.29 is 9.59 Å². The molecule has 0 saturated carbocycles. The number of hydrogen-bond donors (Lipinski definition) is 1. The Morgan fingerprint density at radius 2 is 1.80 bits per heavy atom. The quantitative estimate of drug-likeness (QED) is 0.778. The molecular formula is C20H24N2O2S. The fraction of sp³-hybridized carbons (Fsp3) is 0.300. The molecule has 1 N–H and O–H groups in total. The van der Waals surface area contributed by atoms with Crippen LogP contribution in [0.2, 0.25) is 0 Å². The molecule has 2 aromatic carbocycles. The molecular weight excluding hydrogens is 332 g/mol. The van der Waals surface area contributed by atoms with Gasteiger partial charge in [-0.3, -0.25) is 9.59 Å². The minimum atomic E-state index is -0.166. The fourth-order valence-corrected chi connectivity index (χ4v) is 3.03. The predicted molar refractivity (Wildman–Crippen MR) is 105 cm³/mol. The second-order valence-corrected chi connectivity index (χ2v) is 6.57. The Morgan fingerprint density at radius 1 is 1.08 bits per heavy atom. The molecule has 5 heteroatoms. The molecule has 0 heterocycles. The third kappa shape index (κ3) is 4.63. The number of carbonyl (C=O) groups excluding carboxylic acids is 2. The summed E-state index contributed by atoms with van der Waals surface area (Å²) < 4.78 is 0. The van der Waals surface area contributed by atoms with Gasteiger partial charge in [0.2, 0.25) is 0 Å². The van der Waals surface area contributed by atoms with Crippen LogP contribution in [0.25, 0.3) is 0 Å². The normalized spacial score (nSPS) is 10.4. The summed E-state index contributed by atoms with van der Waals surface area (Å²) in [6.45, 7) is 7.14. The molecule has 0 radical (unpaired) electrons. The predicted octanol–water partition coefficient (Wildman–Crippen LogP) is 4.45. The van der Waals surface area contributed by atoms with Crippen molar-refractivity contribution in [1.29, 1.82) is 0 Å². The number of rotatable bonds is 6. The first-order valence-corrected chi connectivity index (χ1v) is 9.58. The van der Waals surface area contributed by atoms with Crippen molar-refractivity contribution in [3.8, 4) is 0 Å². The van der Waals surface area contributed by atoms with Crippen LogP contribution >= 0.6 is 11.8 Å². The van der Waals surface area contributed by atoms with Crippen molar-refractivity contribution in [2.75, 3.05) is 24.7 Å². The largest absolute Gasteiger partial charge is 0.339 e. The van der Waals surface area contributed by atoms with E-state index in [2.05, 4.69) is 5.32 Å². The number of hydrogen-bond acceptors (Lipinski definition) is 3. The van der Waals surface area contributed by atoms with E-state index in [-0.39, 0.29) is 11.8 Å². The molecule has 0 atom stereocenters. The maximum atomic E-state index is 12.6. The van der Waals surface area contributed by atoms with E-state index in [4.69, 9.17) is 0 Å². The Bertz CT molecular complexity index is 770. The number of benzene rings is 2. The molecule has 0 aliphatic carbocycles. The topological polar surface area (TPSA) is 49.4 Å². The number of aryl methyl sites for hydroxylation is 1. The van der Waals surface area contributed by atoms with E-state index in [0.29, 0.717) is 29.9 Å². The van der Waals surface area contributed by atoms with E-state index < -0.39 is 0 Å². The smallest absolute Gasteiger partial charge is 0.255 e. The monoisotopic (exact) mass is 356 g/mol. The molecule has 4 nitrogen and oxygen atoms in total. The number of amides is 2. The second kappa shape index (κ2) is 8.72. The summed E-state index contributed by atoms with van der Waals surface area (Å²) in [4.78, 5) is 27.9. The molecule has 0 aliphatic rings. The molecule has 2 aromatic rings. The van der Waals surface area contributed by atoms with Crippen molar-refractivity contribution in [3.63, 3.8) is 0 Å². The first-order chi connectivity index (χ1) is 12.0. The van der Waals surface area contributed by atoms with E-state index in [1.165, 1.54) is 0 Å². The molecule has 0 saturated heterocycles. The highest BCUT2D eigenvalue weighted by Gasteiger charge is 2.14. The Hall–Kier alpha value is -2.27. The Kier molecular flexibility index (Phi) is 6.65.